The van der Waals surface area contributed by atoms with Crippen molar-refractivity contribution in [3.8, 4) is 11.5 Å². The first-order chi connectivity index (χ1) is 12.4. The molecule has 0 aromatic heterocycles. The van der Waals surface area contributed by atoms with Gasteiger partial charge in [0.25, 0.3) is 0 Å². The van der Waals surface area contributed by atoms with Crippen LogP contribution in [0.5, 0.6) is 11.5 Å². The molecule has 2 aromatic rings. The zero-order chi connectivity index (χ0) is 17.3. The molecule has 1 fully saturated rings. The van der Waals surface area contributed by atoms with Gasteiger partial charge in [-0.15, -0.1) is 0 Å². The highest BCUT2D eigenvalue weighted by molar-refractivity contribution is 5.46. The third-order valence-corrected chi connectivity index (χ3v) is 4.71. The van der Waals surface area contributed by atoms with Gasteiger partial charge in [0, 0.05) is 12.1 Å². The predicted octanol–water partition coefficient (Wildman–Crippen LogP) is 3.36. The van der Waals surface area contributed by atoms with E-state index in [1.807, 2.05) is 30.3 Å². The van der Waals surface area contributed by atoms with Crippen molar-refractivity contribution in [1.29, 1.82) is 0 Å². The molecule has 0 bridgehead atoms. The number of nitrogens with one attached hydrogen (secondary N) is 2. The molecule has 3 rings (SSSR count). The van der Waals surface area contributed by atoms with Crippen LogP contribution in [0.25, 0.3) is 0 Å². The topological polar surface area (TPSA) is 42.5 Å². The second-order valence-electron chi connectivity index (χ2n) is 6.55. The van der Waals surface area contributed by atoms with Crippen LogP contribution in [-0.2, 0) is 13.2 Å². The number of piperidine rings is 1. The summed E-state index contributed by atoms with van der Waals surface area (Å²) in [4.78, 5) is 0. The zero-order valence-corrected chi connectivity index (χ0v) is 15.0. The van der Waals surface area contributed by atoms with Gasteiger partial charge in [-0.2, -0.15) is 0 Å². The Bertz CT molecular complexity index is 640. The first-order valence-corrected chi connectivity index (χ1v) is 9.11. The molecule has 0 spiro atoms. The summed E-state index contributed by atoms with van der Waals surface area (Å²) in [5, 5.41) is 7.01. The zero-order valence-electron chi connectivity index (χ0n) is 15.0. The summed E-state index contributed by atoms with van der Waals surface area (Å²) in [7, 11) is 1.69. The maximum atomic E-state index is 6.11. The second kappa shape index (κ2) is 9.44. The van der Waals surface area contributed by atoms with Crippen LogP contribution in [0.1, 0.15) is 24.0 Å². The van der Waals surface area contributed by atoms with Gasteiger partial charge in [-0.1, -0.05) is 42.5 Å². The normalized spacial score (nSPS) is 15.1. The molecule has 0 amide bonds. The van der Waals surface area contributed by atoms with Crippen molar-refractivity contribution >= 4 is 0 Å². The third-order valence-electron chi connectivity index (χ3n) is 4.71. The molecule has 1 aliphatic rings. The first-order valence-electron chi connectivity index (χ1n) is 9.11. The van der Waals surface area contributed by atoms with E-state index in [0.29, 0.717) is 6.61 Å². The molecule has 1 saturated heterocycles. The fourth-order valence-corrected chi connectivity index (χ4v) is 3.25. The number of hydrogen-bond acceptors (Lipinski definition) is 4. The standard InChI is InChI=1S/C21H28N2O2/c1-24-20-9-5-8-19(15-23-14-17-10-12-22-13-11-17)21(20)25-16-18-6-3-2-4-7-18/h2-9,17,22-23H,10-16H2,1H3. The molecule has 134 valence electrons. The average molecular weight is 340 g/mol. The molecular formula is C21H28N2O2. The summed E-state index contributed by atoms with van der Waals surface area (Å²) in [5.41, 5.74) is 2.30. The van der Waals surface area contributed by atoms with Crippen molar-refractivity contribution in [2.75, 3.05) is 26.7 Å². The summed E-state index contributed by atoms with van der Waals surface area (Å²) in [6, 6.07) is 16.3. The van der Waals surface area contributed by atoms with Gasteiger partial charge in [0.15, 0.2) is 11.5 Å². The SMILES string of the molecule is COc1cccc(CNCC2CCNCC2)c1OCc1ccccc1. The lowest BCUT2D eigenvalue weighted by molar-refractivity contribution is 0.280. The Kier molecular flexibility index (Phi) is 6.71. The van der Waals surface area contributed by atoms with Crippen LogP contribution >= 0.6 is 0 Å². The van der Waals surface area contributed by atoms with E-state index in [-0.39, 0.29) is 0 Å². The molecule has 2 N–H and O–H groups in total. The molecule has 1 aliphatic heterocycles. The Morgan fingerprint density at radius 1 is 1.04 bits per heavy atom. The van der Waals surface area contributed by atoms with E-state index in [9.17, 15) is 0 Å². The molecule has 25 heavy (non-hydrogen) atoms. The van der Waals surface area contributed by atoms with E-state index < -0.39 is 0 Å². The average Bonchev–Trinajstić information content (AvgIpc) is 2.68. The summed E-state index contributed by atoms with van der Waals surface area (Å²) in [5.74, 6) is 2.39. The van der Waals surface area contributed by atoms with Crippen molar-refractivity contribution in [1.82, 2.24) is 10.6 Å². The quantitative estimate of drug-likeness (QED) is 0.773. The van der Waals surface area contributed by atoms with Gasteiger partial charge < -0.3 is 20.1 Å². The van der Waals surface area contributed by atoms with Crippen molar-refractivity contribution in [3.63, 3.8) is 0 Å². The number of ether oxygens (including phenoxy) is 2. The number of rotatable bonds is 8. The predicted molar refractivity (Wildman–Crippen MR) is 101 cm³/mol. The van der Waals surface area contributed by atoms with Gasteiger partial charge in [-0.05, 0) is 50.0 Å². The highest BCUT2D eigenvalue weighted by atomic mass is 16.5. The third kappa shape index (κ3) is 5.21. The van der Waals surface area contributed by atoms with Crippen LogP contribution in [0.15, 0.2) is 48.5 Å². The van der Waals surface area contributed by atoms with E-state index >= 15 is 0 Å². The van der Waals surface area contributed by atoms with E-state index in [1.165, 1.54) is 12.8 Å². The largest absolute Gasteiger partial charge is 0.493 e. The van der Waals surface area contributed by atoms with E-state index in [0.717, 1.165) is 54.7 Å². The van der Waals surface area contributed by atoms with Gasteiger partial charge in [0.05, 0.1) is 7.11 Å². The number of hydrogen-bond donors (Lipinski definition) is 2. The van der Waals surface area contributed by atoms with Gasteiger partial charge in [-0.3, -0.25) is 0 Å². The van der Waals surface area contributed by atoms with Gasteiger partial charge in [0.2, 0.25) is 0 Å². The molecule has 1 heterocycles. The Labute approximate surface area is 150 Å². The molecule has 0 radical (unpaired) electrons. The van der Waals surface area contributed by atoms with Crippen LogP contribution in [0.4, 0.5) is 0 Å². The van der Waals surface area contributed by atoms with E-state index in [1.54, 1.807) is 7.11 Å². The van der Waals surface area contributed by atoms with Crippen molar-refractivity contribution in [3.05, 3.63) is 59.7 Å². The molecule has 4 heteroatoms. The Morgan fingerprint density at radius 3 is 2.60 bits per heavy atom. The summed E-state index contributed by atoms with van der Waals surface area (Å²) >= 11 is 0. The minimum atomic E-state index is 0.544. The smallest absolute Gasteiger partial charge is 0.166 e. The summed E-state index contributed by atoms with van der Waals surface area (Å²) in [6.45, 7) is 4.67. The van der Waals surface area contributed by atoms with Gasteiger partial charge in [0.1, 0.15) is 6.61 Å². The molecule has 0 unspecified atom stereocenters. The molecule has 4 nitrogen and oxygen atoms in total. The van der Waals surface area contributed by atoms with Crippen molar-refractivity contribution in [2.24, 2.45) is 5.92 Å². The highest BCUT2D eigenvalue weighted by Crippen LogP contribution is 2.31. The maximum absolute atomic E-state index is 6.11. The van der Waals surface area contributed by atoms with E-state index in [2.05, 4.69) is 28.8 Å². The monoisotopic (exact) mass is 340 g/mol. The van der Waals surface area contributed by atoms with Crippen LogP contribution in [0.3, 0.4) is 0 Å². The lowest BCUT2D eigenvalue weighted by atomic mass is 9.98. The summed E-state index contributed by atoms with van der Waals surface area (Å²) in [6.07, 6.45) is 2.50. The molecule has 0 saturated carbocycles. The van der Waals surface area contributed by atoms with Gasteiger partial charge >= 0.3 is 0 Å². The first kappa shape index (κ1) is 17.8. The Hall–Kier alpha value is -2.04. The Morgan fingerprint density at radius 2 is 1.84 bits per heavy atom. The lowest BCUT2D eigenvalue weighted by Crippen LogP contribution is -2.33. The molecule has 0 atom stereocenters. The fraction of sp³-hybridized carbons (Fsp3) is 0.429. The molecular weight excluding hydrogens is 312 g/mol. The minimum absolute atomic E-state index is 0.544. The lowest BCUT2D eigenvalue weighted by Gasteiger charge is -2.23. The second-order valence-corrected chi connectivity index (χ2v) is 6.55. The molecule has 0 aliphatic carbocycles. The molecule has 2 aromatic carbocycles. The van der Waals surface area contributed by atoms with Crippen LogP contribution in [-0.4, -0.2) is 26.7 Å². The van der Waals surface area contributed by atoms with Crippen LogP contribution in [0, 0.1) is 5.92 Å². The minimum Gasteiger partial charge on any atom is -0.493 e. The fourth-order valence-electron chi connectivity index (χ4n) is 3.25. The van der Waals surface area contributed by atoms with Crippen LogP contribution in [0.2, 0.25) is 0 Å². The highest BCUT2D eigenvalue weighted by Gasteiger charge is 2.14. The number of benzene rings is 2. The number of para-hydroxylation sites is 1. The van der Waals surface area contributed by atoms with E-state index in [4.69, 9.17) is 9.47 Å². The Balaban J connectivity index is 1.61. The summed E-state index contributed by atoms with van der Waals surface area (Å²) < 4.78 is 11.6. The number of methoxy groups -OCH3 is 1. The maximum Gasteiger partial charge on any atom is 0.166 e. The van der Waals surface area contributed by atoms with Crippen molar-refractivity contribution < 1.29 is 9.47 Å². The van der Waals surface area contributed by atoms with Crippen molar-refractivity contribution in [2.45, 2.75) is 26.0 Å². The van der Waals surface area contributed by atoms with Gasteiger partial charge in [-0.25, -0.2) is 0 Å². The van der Waals surface area contributed by atoms with Crippen LogP contribution < -0.4 is 20.1 Å².